The lowest BCUT2D eigenvalue weighted by Gasteiger charge is -2.08. The minimum absolute atomic E-state index is 0.161. The Morgan fingerprint density at radius 1 is 1.12 bits per heavy atom. The van der Waals surface area contributed by atoms with Crippen LogP contribution in [0.4, 0.5) is 8.78 Å². The minimum Gasteiger partial charge on any atom is -0.463 e. The van der Waals surface area contributed by atoms with Crippen molar-refractivity contribution >= 4 is 18.3 Å². The summed E-state index contributed by atoms with van der Waals surface area (Å²) >= 11 is 0. The predicted molar refractivity (Wildman–Crippen MR) is 93.2 cm³/mol. The van der Waals surface area contributed by atoms with E-state index in [9.17, 15) is 18.4 Å². The smallest absolute Gasteiger partial charge is 0.330 e. The van der Waals surface area contributed by atoms with Gasteiger partial charge < -0.3 is 9.47 Å². The number of benzene rings is 2. The number of carbonyl (C=O) groups is 2. The van der Waals surface area contributed by atoms with Gasteiger partial charge >= 0.3 is 5.97 Å². The molecular weight excluding hydrogens is 342 g/mol. The van der Waals surface area contributed by atoms with E-state index >= 15 is 0 Å². The van der Waals surface area contributed by atoms with Crippen molar-refractivity contribution in [1.29, 1.82) is 0 Å². The third-order valence-corrected chi connectivity index (χ3v) is 3.45. The van der Waals surface area contributed by atoms with Crippen LogP contribution in [0.25, 0.3) is 6.08 Å². The van der Waals surface area contributed by atoms with Crippen molar-refractivity contribution in [3.63, 3.8) is 0 Å². The summed E-state index contributed by atoms with van der Waals surface area (Å²) in [7, 11) is 0. The molecule has 26 heavy (non-hydrogen) atoms. The van der Waals surface area contributed by atoms with Crippen molar-refractivity contribution in [1.82, 2.24) is 0 Å². The number of aldehydes is 1. The monoisotopic (exact) mass is 360 g/mol. The van der Waals surface area contributed by atoms with E-state index < -0.39 is 17.6 Å². The topological polar surface area (TPSA) is 52.6 Å². The Morgan fingerprint density at radius 2 is 1.92 bits per heavy atom. The average Bonchev–Trinajstić information content (AvgIpc) is 2.63. The standard InChI is InChI=1S/C20H18F2O4/c1-2-3-10-25-20(24)9-5-14-4-7-17(11-15(14)13-23)26-19-8-6-16(21)12-18(19)22/h4-9,11-13H,2-3,10H2,1H3/b9-5+. The fourth-order valence-electron chi connectivity index (χ4n) is 2.08. The van der Waals surface area contributed by atoms with Crippen LogP contribution in [0.5, 0.6) is 11.5 Å². The fraction of sp³-hybridized carbons (Fsp3) is 0.200. The largest absolute Gasteiger partial charge is 0.463 e. The quantitative estimate of drug-likeness (QED) is 0.290. The summed E-state index contributed by atoms with van der Waals surface area (Å²) in [5.41, 5.74) is 0.738. The first kappa shape index (κ1) is 19.3. The van der Waals surface area contributed by atoms with Gasteiger partial charge in [-0.25, -0.2) is 13.6 Å². The number of carbonyl (C=O) groups excluding carboxylic acids is 2. The summed E-state index contributed by atoms with van der Waals surface area (Å²) in [6, 6.07) is 7.40. The van der Waals surface area contributed by atoms with Crippen LogP contribution in [0.1, 0.15) is 35.7 Å². The first-order valence-corrected chi connectivity index (χ1v) is 8.10. The van der Waals surface area contributed by atoms with Crippen molar-refractivity contribution in [3.05, 3.63) is 65.2 Å². The van der Waals surface area contributed by atoms with Gasteiger partial charge in [0.05, 0.1) is 6.61 Å². The van der Waals surface area contributed by atoms with Gasteiger partial charge in [-0.05, 0) is 42.3 Å². The lowest BCUT2D eigenvalue weighted by molar-refractivity contribution is -0.137. The molecule has 0 aliphatic heterocycles. The Morgan fingerprint density at radius 3 is 2.62 bits per heavy atom. The number of halogens is 2. The molecule has 6 heteroatoms. The van der Waals surface area contributed by atoms with Crippen molar-refractivity contribution < 1.29 is 27.8 Å². The van der Waals surface area contributed by atoms with E-state index in [4.69, 9.17) is 9.47 Å². The van der Waals surface area contributed by atoms with Crippen LogP contribution in [0.3, 0.4) is 0 Å². The summed E-state index contributed by atoms with van der Waals surface area (Å²) < 4.78 is 36.9. The zero-order valence-corrected chi connectivity index (χ0v) is 14.2. The molecule has 136 valence electrons. The van der Waals surface area contributed by atoms with Crippen LogP contribution in [-0.4, -0.2) is 18.9 Å². The SMILES string of the molecule is CCCCOC(=O)/C=C/c1ccc(Oc2ccc(F)cc2F)cc1C=O. The Kier molecular flexibility index (Phi) is 7.02. The van der Waals surface area contributed by atoms with Crippen molar-refractivity contribution in [2.24, 2.45) is 0 Å². The van der Waals surface area contributed by atoms with Gasteiger partial charge in [-0.2, -0.15) is 0 Å². The fourth-order valence-corrected chi connectivity index (χ4v) is 2.08. The third kappa shape index (κ3) is 5.51. The lowest BCUT2D eigenvalue weighted by Crippen LogP contribution is -2.01. The molecular formula is C20H18F2O4. The Hall–Kier alpha value is -3.02. The van der Waals surface area contributed by atoms with Gasteiger partial charge in [0.2, 0.25) is 0 Å². The van der Waals surface area contributed by atoms with Gasteiger partial charge in [0.1, 0.15) is 11.6 Å². The molecule has 4 nitrogen and oxygen atoms in total. The maximum Gasteiger partial charge on any atom is 0.330 e. The summed E-state index contributed by atoms with van der Waals surface area (Å²) in [4.78, 5) is 22.8. The zero-order valence-electron chi connectivity index (χ0n) is 14.2. The van der Waals surface area contributed by atoms with Crippen LogP contribution < -0.4 is 4.74 Å². The summed E-state index contributed by atoms with van der Waals surface area (Å²) in [5, 5.41) is 0. The van der Waals surface area contributed by atoms with Crippen molar-refractivity contribution in [2.75, 3.05) is 6.61 Å². The molecule has 2 rings (SSSR count). The number of hydrogen-bond donors (Lipinski definition) is 0. The zero-order chi connectivity index (χ0) is 18.9. The molecule has 0 radical (unpaired) electrons. The second-order valence-corrected chi connectivity index (χ2v) is 5.44. The summed E-state index contributed by atoms with van der Waals surface area (Å²) in [6.45, 7) is 2.33. The molecule has 0 fully saturated rings. The molecule has 0 aromatic heterocycles. The van der Waals surface area contributed by atoms with Gasteiger partial charge in [-0.1, -0.05) is 19.4 Å². The third-order valence-electron chi connectivity index (χ3n) is 3.45. The van der Waals surface area contributed by atoms with Crippen LogP contribution in [0.15, 0.2) is 42.5 Å². The average molecular weight is 360 g/mol. The molecule has 0 aliphatic rings. The van der Waals surface area contributed by atoms with E-state index in [2.05, 4.69) is 0 Å². The van der Waals surface area contributed by atoms with Crippen LogP contribution in [0.2, 0.25) is 0 Å². The van der Waals surface area contributed by atoms with Gasteiger partial charge in [-0.15, -0.1) is 0 Å². The molecule has 0 saturated heterocycles. The second-order valence-electron chi connectivity index (χ2n) is 5.44. The molecule has 2 aromatic rings. The highest BCUT2D eigenvalue weighted by atomic mass is 19.1. The minimum atomic E-state index is -0.851. The van der Waals surface area contributed by atoms with Crippen molar-refractivity contribution in [2.45, 2.75) is 19.8 Å². The molecule has 0 heterocycles. The Labute approximate surface area is 150 Å². The van der Waals surface area contributed by atoms with Crippen LogP contribution >= 0.6 is 0 Å². The number of hydrogen-bond acceptors (Lipinski definition) is 4. The molecule has 0 N–H and O–H groups in total. The molecule has 0 spiro atoms. The van der Waals surface area contributed by atoms with E-state index in [1.165, 1.54) is 24.3 Å². The summed E-state index contributed by atoms with van der Waals surface area (Å²) in [5.74, 6) is -2.01. The number of ether oxygens (including phenoxy) is 2. The Balaban J connectivity index is 2.11. The van der Waals surface area contributed by atoms with E-state index in [-0.39, 0.29) is 17.1 Å². The Bertz CT molecular complexity index is 815. The maximum absolute atomic E-state index is 13.6. The highest BCUT2D eigenvalue weighted by molar-refractivity contribution is 5.90. The van der Waals surface area contributed by atoms with Crippen LogP contribution in [-0.2, 0) is 9.53 Å². The molecule has 0 bridgehead atoms. The molecule has 0 unspecified atom stereocenters. The molecule has 2 aromatic carbocycles. The lowest BCUT2D eigenvalue weighted by atomic mass is 10.1. The van der Waals surface area contributed by atoms with Gasteiger partial charge in [0, 0.05) is 17.7 Å². The normalized spacial score (nSPS) is 10.7. The summed E-state index contributed by atoms with van der Waals surface area (Å²) in [6.07, 6.45) is 4.99. The van der Waals surface area contributed by atoms with Gasteiger partial charge in [-0.3, -0.25) is 4.79 Å². The second kappa shape index (κ2) is 9.46. The van der Waals surface area contributed by atoms with Gasteiger partial charge in [0.25, 0.3) is 0 Å². The molecule has 0 saturated carbocycles. The number of rotatable bonds is 8. The molecule has 0 amide bonds. The van der Waals surface area contributed by atoms with Crippen molar-refractivity contribution in [3.8, 4) is 11.5 Å². The van der Waals surface area contributed by atoms with E-state index in [1.54, 1.807) is 6.07 Å². The molecule has 0 aliphatic carbocycles. The first-order valence-electron chi connectivity index (χ1n) is 8.10. The molecule has 0 atom stereocenters. The number of esters is 1. The van der Waals surface area contributed by atoms with Crippen LogP contribution in [0, 0.1) is 11.6 Å². The highest BCUT2D eigenvalue weighted by Crippen LogP contribution is 2.26. The van der Waals surface area contributed by atoms with Gasteiger partial charge in [0.15, 0.2) is 17.9 Å². The van der Waals surface area contributed by atoms with E-state index in [0.29, 0.717) is 24.5 Å². The van der Waals surface area contributed by atoms with E-state index in [0.717, 1.165) is 25.0 Å². The maximum atomic E-state index is 13.6. The van der Waals surface area contributed by atoms with E-state index in [1.807, 2.05) is 6.92 Å². The highest BCUT2D eigenvalue weighted by Gasteiger charge is 2.08. The predicted octanol–water partition coefficient (Wildman–Crippen LogP) is 4.93. The number of unbranched alkanes of at least 4 members (excludes halogenated alkanes) is 1. The first-order chi connectivity index (χ1) is 12.5.